The fourth-order valence-electron chi connectivity index (χ4n) is 8.19. The Morgan fingerprint density at radius 3 is 2.09 bits per heavy atom. The van der Waals surface area contributed by atoms with Gasteiger partial charge < -0.3 is 47.9 Å². The van der Waals surface area contributed by atoms with E-state index in [1.165, 1.54) is 23.5 Å². The SMILES string of the molecule is CCC[C@H](NC(=O)[C@@H]1CN(C(=O)Nc2ccccc2)C[C@@H]1NC(=O)[C@@H](NC(=O)[C@@H](NC(=O)c1cnccn1)C1CCCCC1)C(C)(C)C)C(=O)C(=O)NCC(=O)N[C@H](C(N)=O)c1ccccc1. The van der Waals surface area contributed by atoms with Crippen molar-refractivity contribution in [3.63, 3.8) is 0 Å². The Bertz CT molecular complexity index is 2240. The summed E-state index contributed by atoms with van der Waals surface area (Å²) in [5, 5.41) is 18.7. The Balaban J connectivity index is 1.32. The molecule has 67 heavy (non-hydrogen) atoms. The van der Waals surface area contributed by atoms with Crippen LogP contribution in [0.25, 0.3) is 0 Å². The van der Waals surface area contributed by atoms with Crippen molar-refractivity contribution in [3.8, 4) is 0 Å². The number of para-hydroxylation sites is 1. The standard InChI is InChI=1S/C47H61N11O9/c1-5-15-32(38(60)44(65)51-25-35(59)55-36(40(48)61)28-16-9-6-10-17-28)53-41(62)31-26-58(46(67)52-30-20-13-8-14-21-30)27-34(31)54-45(66)39(47(2,3)4)57-43(64)37(29-18-11-7-12-19-29)56-42(63)33-24-49-22-23-50-33/h6,8-10,13-14,16-17,20-24,29,31-32,34,36-37,39H,5,7,11-12,15,18-19,25-27H2,1-4H3,(H2,48,61)(H,51,65)(H,52,67)(H,53,62)(H,54,66)(H,55,59)(H,56,63)(H,57,64)/t31-,32+,34+,36+,37+,39-/m1/s1. The van der Waals surface area contributed by atoms with Crippen molar-refractivity contribution in [1.29, 1.82) is 0 Å². The van der Waals surface area contributed by atoms with E-state index in [1.807, 2.05) is 0 Å². The molecule has 20 nitrogen and oxygen atoms in total. The fourth-order valence-corrected chi connectivity index (χ4v) is 8.19. The number of nitrogens with two attached hydrogens (primary N) is 1. The summed E-state index contributed by atoms with van der Waals surface area (Å²) in [5.74, 6) is -7.81. The molecule has 2 fully saturated rings. The van der Waals surface area contributed by atoms with Gasteiger partial charge in [0, 0.05) is 31.2 Å². The van der Waals surface area contributed by atoms with Crippen LogP contribution in [0.2, 0.25) is 0 Å². The second kappa shape index (κ2) is 23.8. The first-order valence-corrected chi connectivity index (χ1v) is 22.5. The molecule has 358 valence electrons. The molecule has 0 spiro atoms. The van der Waals surface area contributed by atoms with Crippen LogP contribution in [0, 0.1) is 17.3 Å². The van der Waals surface area contributed by atoms with Gasteiger partial charge in [-0.25, -0.2) is 9.78 Å². The van der Waals surface area contributed by atoms with E-state index in [2.05, 4.69) is 47.2 Å². The van der Waals surface area contributed by atoms with Gasteiger partial charge >= 0.3 is 6.03 Å². The second-order valence-corrected chi connectivity index (χ2v) is 17.9. The van der Waals surface area contributed by atoms with Crippen LogP contribution in [0.5, 0.6) is 0 Å². The number of benzene rings is 2. The van der Waals surface area contributed by atoms with Gasteiger partial charge in [-0.05, 0) is 48.3 Å². The Morgan fingerprint density at radius 1 is 0.806 bits per heavy atom. The third-order valence-electron chi connectivity index (χ3n) is 11.8. The number of hydrogen-bond acceptors (Lipinski definition) is 11. The highest BCUT2D eigenvalue weighted by Crippen LogP contribution is 2.28. The number of urea groups is 1. The molecule has 1 saturated heterocycles. The molecule has 0 radical (unpaired) electrons. The first-order valence-electron chi connectivity index (χ1n) is 22.5. The highest BCUT2D eigenvalue weighted by molar-refractivity contribution is 6.38. The molecule has 6 atom stereocenters. The Labute approximate surface area is 389 Å². The number of aromatic nitrogens is 2. The lowest BCUT2D eigenvalue weighted by Gasteiger charge is -2.35. The van der Waals surface area contributed by atoms with Crippen LogP contribution in [-0.4, -0.2) is 112 Å². The molecule has 1 aromatic heterocycles. The van der Waals surface area contributed by atoms with E-state index in [4.69, 9.17) is 5.73 Å². The number of carbonyl (C=O) groups excluding carboxylic acids is 9. The molecule has 5 rings (SSSR count). The van der Waals surface area contributed by atoms with E-state index in [9.17, 15) is 43.2 Å². The zero-order valence-electron chi connectivity index (χ0n) is 38.2. The van der Waals surface area contributed by atoms with Gasteiger partial charge in [-0.2, -0.15) is 0 Å². The van der Waals surface area contributed by atoms with Gasteiger partial charge in [0.2, 0.25) is 35.3 Å². The van der Waals surface area contributed by atoms with Gasteiger partial charge in [0.15, 0.2) is 0 Å². The van der Waals surface area contributed by atoms with Crippen molar-refractivity contribution < 1.29 is 43.2 Å². The zero-order chi connectivity index (χ0) is 48.7. The quantitative estimate of drug-likeness (QED) is 0.0800. The maximum atomic E-state index is 14.4. The average Bonchev–Trinajstić information content (AvgIpc) is 3.75. The molecule has 20 heteroatoms. The summed E-state index contributed by atoms with van der Waals surface area (Å²) in [7, 11) is 0. The Hall–Kier alpha value is -7.25. The molecule has 9 amide bonds. The lowest BCUT2D eigenvalue weighted by atomic mass is 9.82. The summed E-state index contributed by atoms with van der Waals surface area (Å²) in [6.45, 7) is 5.94. The number of carbonyl (C=O) groups is 9. The molecule has 0 bridgehead atoms. The summed E-state index contributed by atoms with van der Waals surface area (Å²) >= 11 is 0. The summed E-state index contributed by atoms with van der Waals surface area (Å²) in [6.07, 6.45) is 8.52. The number of amides is 9. The molecular formula is C47H61N11O9. The molecule has 1 aliphatic heterocycles. The van der Waals surface area contributed by atoms with Crippen LogP contribution in [-0.2, 0) is 33.6 Å². The Morgan fingerprint density at radius 2 is 1.48 bits per heavy atom. The van der Waals surface area contributed by atoms with Crippen LogP contribution in [0.15, 0.2) is 79.3 Å². The molecule has 2 aromatic carbocycles. The first-order chi connectivity index (χ1) is 32.0. The predicted molar refractivity (Wildman–Crippen MR) is 245 cm³/mol. The lowest BCUT2D eigenvalue weighted by molar-refractivity contribution is -0.141. The van der Waals surface area contributed by atoms with E-state index >= 15 is 0 Å². The van der Waals surface area contributed by atoms with Gasteiger partial charge in [0.25, 0.3) is 11.8 Å². The van der Waals surface area contributed by atoms with E-state index in [0.29, 0.717) is 30.5 Å². The number of Topliss-reactive ketones (excluding diaryl/α,β-unsaturated/α-hetero) is 1. The predicted octanol–water partition coefficient (Wildman–Crippen LogP) is 1.65. The third-order valence-corrected chi connectivity index (χ3v) is 11.8. The zero-order valence-corrected chi connectivity index (χ0v) is 38.2. The van der Waals surface area contributed by atoms with Crippen molar-refractivity contribution in [1.82, 2.24) is 46.8 Å². The number of likely N-dealkylation sites (tertiary alicyclic amines) is 1. The molecule has 3 aromatic rings. The van der Waals surface area contributed by atoms with Gasteiger partial charge in [-0.15, -0.1) is 0 Å². The van der Waals surface area contributed by atoms with Crippen molar-refractivity contribution in [3.05, 3.63) is 90.5 Å². The van der Waals surface area contributed by atoms with Crippen LogP contribution in [0.1, 0.15) is 94.7 Å². The number of nitrogens with one attached hydrogen (secondary N) is 7. The van der Waals surface area contributed by atoms with Gasteiger partial charge in [0.05, 0.1) is 30.7 Å². The molecular weight excluding hydrogens is 863 g/mol. The molecule has 2 heterocycles. The normalized spacial score (nSPS) is 17.9. The monoisotopic (exact) mass is 923 g/mol. The molecule has 0 unspecified atom stereocenters. The summed E-state index contributed by atoms with van der Waals surface area (Å²) in [4.78, 5) is 131. The molecule has 2 aliphatic rings. The van der Waals surface area contributed by atoms with Crippen LogP contribution in [0.3, 0.4) is 0 Å². The summed E-state index contributed by atoms with van der Waals surface area (Å²) in [5.41, 5.74) is 5.51. The maximum absolute atomic E-state index is 14.4. The number of primary amides is 1. The minimum absolute atomic E-state index is 0.0254. The smallest absolute Gasteiger partial charge is 0.321 e. The average molecular weight is 924 g/mol. The van der Waals surface area contributed by atoms with Crippen molar-refractivity contribution in [2.45, 2.75) is 103 Å². The maximum Gasteiger partial charge on any atom is 0.321 e. The number of rotatable bonds is 19. The number of nitrogens with zero attached hydrogens (tertiary/aromatic N) is 3. The van der Waals surface area contributed by atoms with Crippen molar-refractivity contribution >= 4 is 58.9 Å². The van der Waals surface area contributed by atoms with E-state index in [-0.39, 0.29) is 31.1 Å². The van der Waals surface area contributed by atoms with Gasteiger partial charge in [0.1, 0.15) is 23.8 Å². The first kappa shape index (κ1) is 50.7. The van der Waals surface area contributed by atoms with Crippen LogP contribution < -0.4 is 43.0 Å². The highest BCUT2D eigenvalue weighted by atomic mass is 16.2. The lowest BCUT2D eigenvalue weighted by Crippen LogP contribution is -2.61. The molecule has 1 aliphatic carbocycles. The minimum Gasteiger partial charge on any atom is -0.368 e. The minimum atomic E-state index is -1.36. The number of anilines is 1. The van der Waals surface area contributed by atoms with Crippen molar-refractivity contribution in [2.75, 3.05) is 25.0 Å². The van der Waals surface area contributed by atoms with Gasteiger partial charge in [-0.3, -0.25) is 43.3 Å². The van der Waals surface area contributed by atoms with Gasteiger partial charge in [-0.1, -0.05) is 102 Å². The summed E-state index contributed by atoms with van der Waals surface area (Å²) < 4.78 is 0. The molecule has 1 saturated carbocycles. The third kappa shape index (κ3) is 14.4. The highest BCUT2D eigenvalue weighted by Gasteiger charge is 2.45. The van der Waals surface area contributed by atoms with Crippen molar-refractivity contribution in [2.24, 2.45) is 23.0 Å². The van der Waals surface area contributed by atoms with E-state index in [1.54, 1.807) is 88.4 Å². The van der Waals surface area contributed by atoms with Crippen LogP contribution >= 0.6 is 0 Å². The topological polar surface area (TPSA) is 293 Å². The van der Waals surface area contributed by atoms with E-state index < -0.39 is 101 Å². The number of ketones is 1. The second-order valence-electron chi connectivity index (χ2n) is 17.9. The summed E-state index contributed by atoms with van der Waals surface area (Å²) in [6, 6.07) is 10.4. The number of hydrogen-bond donors (Lipinski definition) is 8. The van der Waals surface area contributed by atoms with Crippen LogP contribution in [0.4, 0.5) is 10.5 Å². The van der Waals surface area contributed by atoms with E-state index in [0.717, 1.165) is 19.3 Å². The Kier molecular flexibility index (Phi) is 18.0. The fraction of sp³-hybridized carbons (Fsp3) is 0.468. The molecule has 9 N–H and O–H groups in total. The largest absolute Gasteiger partial charge is 0.368 e.